The third-order valence-corrected chi connectivity index (χ3v) is 4.19. The largest absolute Gasteiger partial charge is 0.310 e. The van der Waals surface area contributed by atoms with Crippen LogP contribution in [0, 0.1) is 0 Å². The van der Waals surface area contributed by atoms with Crippen molar-refractivity contribution < 1.29 is 0 Å². The summed E-state index contributed by atoms with van der Waals surface area (Å²) in [5.41, 5.74) is 2.77. The zero-order valence-electron chi connectivity index (χ0n) is 10.5. The average Bonchev–Trinajstić information content (AvgIpc) is 2.88. The van der Waals surface area contributed by atoms with Gasteiger partial charge in [0.15, 0.2) is 0 Å². The van der Waals surface area contributed by atoms with Crippen LogP contribution in [-0.2, 0) is 6.42 Å². The molecule has 0 aliphatic heterocycles. The molecule has 0 saturated heterocycles. The van der Waals surface area contributed by atoms with Crippen molar-refractivity contribution in [2.45, 2.75) is 25.8 Å². The van der Waals surface area contributed by atoms with Gasteiger partial charge in [-0.2, -0.15) is 11.3 Å². The number of thiophene rings is 1. The highest BCUT2D eigenvalue weighted by Crippen LogP contribution is 2.22. The van der Waals surface area contributed by atoms with Crippen molar-refractivity contribution in [1.82, 2.24) is 5.32 Å². The van der Waals surface area contributed by atoms with Crippen LogP contribution < -0.4 is 5.32 Å². The van der Waals surface area contributed by atoms with Gasteiger partial charge in [-0.05, 0) is 59.5 Å². The Hall–Kier alpha value is -0.640. The van der Waals surface area contributed by atoms with E-state index >= 15 is 0 Å². The van der Waals surface area contributed by atoms with E-state index in [4.69, 9.17) is 0 Å². The molecule has 0 saturated carbocycles. The minimum Gasteiger partial charge on any atom is -0.310 e. The molecule has 1 unspecified atom stereocenters. The Kier molecular flexibility index (Phi) is 5.42. The van der Waals surface area contributed by atoms with Crippen LogP contribution in [0.4, 0.5) is 0 Å². The topological polar surface area (TPSA) is 12.0 Å². The van der Waals surface area contributed by atoms with Crippen LogP contribution in [0.15, 0.2) is 45.6 Å². The van der Waals surface area contributed by atoms with Gasteiger partial charge in [0, 0.05) is 10.5 Å². The predicted molar refractivity (Wildman–Crippen MR) is 83.2 cm³/mol. The van der Waals surface area contributed by atoms with Crippen LogP contribution in [-0.4, -0.2) is 6.54 Å². The molecule has 1 aromatic carbocycles. The van der Waals surface area contributed by atoms with Gasteiger partial charge in [0.1, 0.15) is 0 Å². The summed E-state index contributed by atoms with van der Waals surface area (Å²) in [4.78, 5) is 0. The molecule has 1 N–H and O–H groups in total. The van der Waals surface area contributed by atoms with Gasteiger partial charge in [-0.25, -0.2) is 0 Å². The number of rotatable bonds is 6. The normalized spacial score (nSPS) is 12.6. The molecule has 0 amide bonds. The number of hydrogen-bond acceptors (Lipinski definition) is 2. The lowest BCUT2D eigenvalue weighted by Crippen LogP contribution is -2.23. The van der Waals surface area contributed by atoms with Crippen molar-refractivity contribution in [2.75, 3.05) is 6.54 Å². The predicted octanol–water partition coefficient (Wildman–Crippen LogP) is 4.79. The summed E-state index contributed by atoms with van der Waals surface area (Å²) in [6.45, 7) is 3.26. The van der Waals surface area contributed by atoms with E-state index < -0.39 is 0 Å². The molecule has 1 heterocycles. The van der Waals surface area contributed by atoms with Crippen LogP contribution in [0.5, 0.6) is 0 Å². The molecule has 1 atom stereocenters. The summed E-state index contributed by atoms with van der Waals surface area (Å²) in [6.07, 6.45) is 2.22. The van der Waals surface area contributed by atoms with Crippen molar-refractivity contribution in [3.63, 3.8) is 0 Å². The van der Waals surface area contributed by atoms with E-state index in [9.17, 15) is 0 Å². The summed E-state index contributed by atoms with van der Waals surface area (Å²) in [7, 11) is 0. The van der Waals surface area contributed by atoms with Gasteiger partial charge in [-0.3, -0.25) is 0 Å². The molecule has 3 heteroatoms. The molecule has 0 radical (unpaired) electrons. The van der Waals surface area contributed by atoms with Gasteiger partial charge < -0.3 is 5.32 Å². The number of halogens is 1. The number of nitrogens with one attached hydrogen (secondary N) is 1. The number of hydrogen-bond donors (Lipinski definition) is 1. The molecule has 1 nitrogen and oxygen atoms in total. The van der Waals surface area contributed by atoms with Crippen molar-refractivity contribution in [3.05, 3.63) is 56.7 Å². The van der Waals surface area contributed by atoms with Gasteiger partial charge in [-0.1, -0.05) is 35.0 Å². The van der Waals surface area contributed by atoms with E-state index in [1.54, 1.807) is 11.3 Å². The van der Waals surface area contributed by atoms with E-state index in [1.165, 1.54) is 11.1 Å². The molecule has 18 heavy (non-hydrogen) atoms. The smallest absolute Gasteiger partial charge is 0.0361 e. The molecule has 96 valence electrons. The molecular weight excluding hydrogens is 306 g/mol. The summed E-state index contributed by atoms with van der Waals surface area (Å²) in [5.74, 6) is 0. The quantitative estimate of drug-likeness (QED) is 0.805. The first-order chi connectivity index (χ1) is 8.79. The number of benzene rings is 1. The van der Waals surface area contributed by atoms with Crippen LogP contribution in [0.25, 0.3) is 0 Å². The standard InChI is InChI=1S/C15H18BrNS/c1-2-8-17-15(10-12-7-9-18-11-12)13-3-5-14(16)6-4-13/h3-7,9,11,15,17H,2,8,10H2,1H3. The SMILES string of the molecule is CCCNC(Cc1ccsc1)c1ccc(Br)cc1. The summed E-state index contributed by atoms with van der Waals surface area (Å²) in [6, 6.07) is 11.2. The molecular formula is C15H18BrNS. The highest BCUT2D eigenvalue weighted by molar-refractivity contribution is 9.10. The van der Waals surface area contributed by atoms with Crippen molar-refractivity contribution in [3.8, 4) is 0 Å². The first kappa shape index (κ1) is 13.8. The molecule has 2 aromatic rings. The Balaban J connectivity index is 2.11. The Morgan fingerprint density at radius 2 is 2.00 bits per heavy atom. The van der Waals surface area contributed by atoms with Crippen LogP contribution in [0.2, 0.25) is 0 Å². The minimum absolute atomic E-state index is 0.410. The lowest BCUT2D eigenvalue weighted by atomic mass is 10.0. The van der Waals surface area contributed by atoms with Gasteiger partial charge in [-0.15, -0.1) is 0 Å². The molecule has 0 aliphatic rings. The molecule has 0 bridgehead atoms. The van der Waals surface area contributed by atoms with Gasteiger partial charge in [0.2, 0.25) is 0 Å². The molecule has 0 fully saturated rings. The second-order valence-electron chi connectivity index (χ2n) is 4.39. The van der Waals surface area contributed by atoms with Gasteiger partial charge in [0.05, 0.1) is 0 Å². The Morgan fingerprint density at radius 1 is 1.22 bits per heavy atom. The highest BCUT2D eigenvalue weighted by Gasteiger charge is 2.11. The van der Waals surface area contributed by atoms with E-state index in [0.29, 0.717) is 6.04 Å². The van der Waals surface area contributed by atoms with Crippen LogP contribution in [0.3, 0.4) is 0 Å². The van der Waals surface area contributed by atoms with Crippen LogP contribution >= 0.6 is 27.3 Å². The van der Waals surface area contributed by atoms with Crippen molar-refractivity contribution in [2.24, 2.45) is 0 Å². The minimum atomic E-state index is 0.410. The van der Waals surface area contributed by atoms with Gasteiger partial charge in [0.25, 0.3) is 0 Å². The summed E-state index contributed by atoms with van der Waals surface area (Å²) < 4.78 is 1.14. The van der Waals surface area contributed by atoms with E-state index in [1.807, 2.05) is 0 Å². The van der Waals surface area contributed by atoms with E-state index in [-0.39, 0.29) is 0 Å². The third kappa shape index (κ3) is 3.94. The first-order valence-electron chi connectivity index (χ1n) is 6.29. The lowest BCUT2D eigenvalue weighted by molar-refractivity contribution is 0.530. The van der Waals surface area contributed by atoms with Gasteiger partial charge >= 0.3 is 0 Å². The zero-order chi connectivity index (χ0) is 12.8. The second kappa shape index (κ2) is 7.07. The molecule has 2 rings (SSSR count). The lowest BCUT2D eigenvalue weighted by Gasteiger charge is -2.18. The maximum atomic E-state index is 3.63. The maximum absolute atomic E-state index is 3.63. The maximum Gasteiger partial charge on any atom is 0.0361 e. The summed E-state index contributed by atoms with van der Waals surface area (Å²) in [5, 5.41) is 8.01. The molecule has 1 aromatic heterocycles. The fourth-order valence-electron chi connectivity index (χ4n) is 1.97. The van der Waals surface area contributed by atoms with Crippen molar-refractivity contribution >= 4 is 27.3 Å². The van der Waals surface area contributed by atoms with E-state index in [2.05, 4.69) is 69.3 Å². The van der Waals surface area contributed by atoms with Crippen molar-refractivity contribution in [1.29, 1.82) is 0 Å². The summed E-state index contributed by atoms with van der Waals surface area (Å²) >= 11 is 5.26. The second-order valence-corrected chi connectivity index (χ2v) is 6.09. The fourth-order valence-corrected chi connectivity index (χ4v) is 2.91. The Labute approximate surface area is 121 Å². The first-order valence-corrected chi connectivity index (χ1v) is 8.03. The average molecular weight is 324 g/mol. The fraction of sp³-hybridized carbons (Fsp3) is 0.333. The van der Waals surface area contributed by atoms with Crippen LogP contribution in [0.1, 0.15) is 30.5 Å². The monoisotopic (exact) mass is 323 g/mol. The molecule has 0 aliphatic carbocycles. The third-order valence-electron chi connectivity index (χ3n) is 2.93. The highest BCUT2D eigenvalue weighted by atomic mass is 79.9. The van der Waals surface area contributed by atoms with E-state index in [0.717, 1.165) is 23.9 Å². The Morgan fingerprint density at radius 3 is 2.61 bits per heavy atom. The Bertz CT molecular complexity index is 450. The molecule has 0 spiro atoms. The zero-order valence-corrected chi connectivity index (χ0v) is 12.9.